The second kappa shape index (κ2) is 8.32. The first-order valence-corrected chi connectivity index (χ1v) is 5.70. The Labute approximate surface area is 122 Å². The summed E-state index contributed by atoms with van der Waals surface area (Å²) in [6, 6.07) is 4.30. The van der Waals surface area contributed by atoms with Crippen LogP contribution in [0.4, 0.5) is 18.9 Å². The maximum Gasteiger partial charge on any atom is 0.414 e. The first-order chi connectivity index (χ1) is 9.57. The van der Waals surface area contributed by atoms with Crippen LogP contribution in [0.3, 0.4) is 0 Å². The van der Waals surface area contributed by atoms with E-state index in [1.165, 1.54) is 12.1 Å². The molecule has 10 heteroatoms. The quantitative estimate of drug-likeness (QED) is 0.629. The van der Waals surface area contributed by atoms with Crippen molar-refractivity contribution in [3.05, 3.63) is 29.3 Å². The molecule has 0 aromatic heterocycles. The highest BCUT2D eigenvalue weighted by molar-refractivity contribution is 6.30. The number of nitrogens with one attached hydrogen (secondary N) is 1. The molecule has 1 aromatic rings. The zero-order valence-electron chi connectivity index (χ0n) is 10.4. The number of aliphatic carboxylic acids is 2. The molecule has 0 spiro atoms. The number of anilines is 1. The maximum atomic E-state index is 12.3. The molecular formula is C11H12ClF3N2O4. The summed E-state index contributed by atoms with van der Waals surface area (Å²) in [5.74, 6) is -3.65. The van der Waals surface area contributed by atoms with E-state index in [1.54, 1.807) is 12.1 Å². The largest absolute Gasteiger partial charge is 0.473 e. The summed E-state index contributed by atoms with van der Waals surface area (Å²) in [4.78, 5) is 18.2. The van der Waals surface area contributed by atoms with Gasteiger partial charge in [-0.05, 0) is 18.2 Å². The van der Waals surface area contributed by atoms with Crippen LogP contribution >= 0.6 is 11.6 Å². The van der Waals surface area contributed by atoms with Gasteiger partial charge >= 0.3 is 18.1 Å². The van der Waals surface area contributed by atoms with E-state index in [1.807, 2.05) is 0 Å². The molecule has 0 aliphatic carbocycles. The van der Waals surface area contributed by atoms with Crippen molar-refractivity contribution in [3.63, 3.8) is 0 Å². The Bertz CT molecular complexity index is 485. The highest BCUT2D eigenvalue weighted by atomic mass is 35.5. The van der Waals surface area contributed by atoms with Gasteiger partial charge in [0.2, 0.25) is 0 Å². The SMILES string of the molecule is NCC(Nc1cccc(Cl)c1)C(F)(F)F.O=C(O)C(=O)O. The fourth-order valence-corrected chi connectivity index (χ4v) is 1.24. The molecule has 118 valence electrons. The Morgan fingerprint density at radius 3 is 2.14 bits per heavy atom. The Balaban J connectivity index is 0.000000567. The monoisotopic (exact) mass is 328 g/mol. The van der Waals surface area contributed by atoms with Gasteiger partial charge in [-0.15, -0.1) is 0 Å². The van der Waals surface area contributed by atoms with Crippen molar-refractivity contribution in [2.24, 2.45) is 5.73 Å². The molecule has 0 aliphatic heterocycles. The van der Waals surface area contributed by atoms with Gasteiger partial charge in [-0.25, -0.2) is 9.59 Å². The number of hydrogen-bond acceptors (Lipinski definition) is 4. The molecule has 0 fully saturated rings. The number of rotatable bonds is 3. The number of hydrogen-bond donors (Lipinski definition) is 4. The number of alkyl halides is 3. The summed E-state index contributed by atoms with van der Waals surface area (Å²) in [6.07, 6.45) is -4.36. The van der Waals surface area contributed by atoms with Gasteiger partial charge in [-0.3, -0.25) is 0 Å². The summed E-state index contributed by atoms with van der Waals surface area (Å²) >= 11 is 5.63. The number of benzene rings is 1. The van der Waals surface area contributed by atoms with Crippen molar-refractivity contribution in [3.8, 4) is 0 Å². The van der Waals surface area contributed by atoms with Crippen LogP contribution in [-0.2, 0) is 9.59 Å². The lowest BCUT2D eigenvalue weighted by molar-refractivity contribution is -0.159. The van der Waals surface area contributed by atoms with Gasteiger partial charge < -0.3 is 21.3 Å². The van der Waals surface area contributed by atoms with Crippen LogP contribution in [-0.4, -0.2) is 40.9 Å². The molecule has 0 aliphatic rings. The maximum absolute atomic E-state index is 12.3. The fourth-order valence-electron chi connectivity index (χ4n) is 1.05. The molecule has 1 aromatic carbocycles. The smallest absolute Gasteiger partial charge is 0.414 e. The average molecular weight is 329 g/mol. The van der Waals surface area contributed by atoms with E-state index in [0.717, 1.165) is 0 Å². The molecule has 6 nitrogen and oxygen atoms in total. The minimum absolute atomic E-state index is 0.301. The van der Waals surface area contributed by atoms with Gasteiger partial charge in [0.15, 0.2) is 0 Å². The average Bonchev–Trinajstić information content (AvgIpc) is 2.35. The molecule has 1 rings (SSSR count). The first kappa shape index (κ1) is 19.0. The molecule has 0 amide bonds. The van der Waals surface area contributed by atoms with E-state index < -0.39 is 30.7 Å². The summed E-state index contributed by atoms with van der Waals surface area (Å²) in [6.45, 7) is -0.518. The predicted octanol–water partition coefficient (Wildman–Crippen LogP) is 1.80. The summed E-state index contributed by atoms with van der Waals surface area (Å²) in [5, 5.41) is 17.4. The van der Waals surface area contributed by atoms with Crippen molar-refractivity contribution in [2.75, 3.05) is 11.9 Å². The van der Waals surface area contributed by atoms with Crippen LogP contribution in [0.1, 0.15) is 0 Å². The molecule has 1 unspecified atom stereocenters. The van der Waals surface area contributed by atoms with Gasteiger partial charge in [0.05, 0.1) is 0 Å². The molecule has 1 atom stereocenters. The number of nitrogens with two attached hydrogens (primary N) is 1. The molecule has 0 saturated heterocycles. The third kappa shape index (κ3) is 8.00. The predicted molar refractivity (Wildman–Crippen MR) is 69.2 cm³/mol. The number of carbonyl (C=O) groups is 2. The van der Waals surface area contributed by atoms with Crippen molar-refractivity contribution in [1.29, 1.82) is 0 Å². The zero-order valence-corrected chi connectivity index (χ0v) is 11.1. The third-order valence-corrected chi connectivity index (χ3v) is 2.21. The zero-order chi connectivity index (χ0) is 16.6. The van der Waals surface area contributed by atoms with Crippen LogP contribution in [0.2, 0.25) is 5.02 Å². The lowest BCUT2D eigenvalue weighted by Gasteiger charge is -2.20. The topological polar surface area (TPSA) is 113 Å². The van der Waals surface area contributed by atoms with E-state index in [9.17, 15) is 13.2 Å². The van der Waals surface area contributed by atoms with Gasteiger partial charge in [-0.2, -0.15) is 13.2 Å². The molecule has 0 bridgehead atoms. The Hall–Kier alpha value is -2.00. The Kier molecular flexibility index (Phi) is 7.53. The highest BCUT2D eigenvalue weighted by Gasteiger charge is 2.38. The van der Waals surface area contributed by atoms with Crippen molar-refractivity contribution >= 4 is 29.2 Å². The Morgan fingerprint density at radius 1 is 1.29 bits per heavy atom. The molecule has 0 heterocycles. The third-order valence-electron chi connectivity index (χ3n) is 1.98. The van der Waals surface area contributed by atoms with E-state index >= 15 is 0 Å². The number of halogens is 4. The van der Waals surface area contributed by atoms with Crippen molar-refractivity contribution in [1.82, 2.24) is 0 Å². The molecule has 5 N–H and O–H groups in total. The lowest BCUT2D eigenvalue weighted by atomic mass is 10.2. The summed E-state index contributed by atoms with van der Waals surface area (Å²) in [5.41, 5.74) is 5.33. The first-order valence-electron chi connectivity index (χ1n) is 5.33. The summed E-state index contributed by atoms with van der Waals surface area (Å²) in [7, 11) is 0. The van der Waals surface area contributed by atoms with Gasteiger partial charge in [0.1, 0.15) is 6.04 Å². The fraction of sp³-hybridized carbons (Fsp3) is 0.273. The van der Waals surface area contributed by atoms with Gasteiger partial charge in [0.25, 0.3) is 0 Å². The molecule has 0 saturated carbocycles. The number of carboxylic acid groups (broad SMARTS) is 2. The highest BCUT2D eigenvalue weighted by Crippen LogP contribution is 2.24. The normalized spacial score (nSPS) is 11.9. The van der Waals surface area contributed by atoms with Crippen LogP contribution in [0.15, 0.2) is 24.3 Å². The van der Waals surface area contributed by atoms with Crippen LogP contribution < -0.4 is 11.1 Å². The molecule has 21 heavy (non-hydrogen) atoms. The van der Waals surface area contributed by atoms with E-state index in [-0.39, 0.29) is 0 Å². The van der Waals surface area contributed by atoms with Gasteiger partial charge in [0, 0.05) is 17.3 Å². The second-order valence-corrected chi connectivity index (χ2v) is 4.03. The van der Waals surface area contributed by atoms with Gasteiger partial charge in [-0.1, -0.05) is 17.7 Å². The van der Waals surface area contributed by atoms with Crippen LogP contribution in [0.25, 0.3) is 0 Å². The van der Waals surface area contributed by atoms with Crippen molar-refractivity contribution in [2.45, 2.75) is 12.2 Å². The molecule has 0 radical (unpaired) electrons. The van der Waals surface area contributed by atoms with Crippen LogP contribution in [0, 0.1) is 0 Å². The van der Waals surface area contributed by atoms with E-state index in [2.05, 4.69) is 5.32 Å². The summed E-state index contributed by atoms with van der Waals surface area (Å²) < 4.78 is 37.0. The van der Waals surface area contributed by atoms with E-state index in [4.69, 9.17) is 37.1 Å². The van der Waals surface area contributed by atoms with Crippen LogP contribution in [0.5, 0.6) is 0 Å². The standard InChI is InChI=1S/C9H10ClF3N2.C2H2O4/c10-6-2-1-3-7(4-6)15-8(5-14)9(11,12)13;3-1(4)2(5)6/h1-4,8,15H,5,14H2;(H,3,4)(H,5,6). The minimum atomic E-state index is -4.36. The molecular weight excluding hydrogens is 317 g/mol. The number of carboxylic acids is 2. The van der Waals surface area contributed by atoms with E-state index in [0.29, 0.717) is 10.7 Å². The van der Waals surface area contributed by atoms with Crippen molar-refractivity contribution < 1.29 is 33.0 Å². The second-order valence-electron chi connectivity index (χ2n) is 3.59. The Morgan fingerprint density at radius 2 is 1.81 bits per heavy atom. The lowest BCUT2D eigenvalue weighted by Crippen LogP contribution is -2.42. The minimum Gasteiger partial charge on any atom is -0.473 e.